The highest BCUT2D eigenvalue weighted by Gasteiger charge is 2.25. The van der Waals surface area contributed by atoms with Crippen LogP contribution < -0.4 is 10.6 Å². The van der Waals surface area contributed by atoms with Crippen LogP contribution in [0.1, 0.15) is 207 Å². The van der Waals surface area contributed by atoms with Gasteiger partial charge in [0.05, 0.1) is 22.3 Å². The molecule has 10 N–H and O–H groups in total. The topological polar surface area (TPSA) is 322 Å². The highest BCUT2D eigenvalue weighted by atomic mass is 19.1. The zero-order chi connectivity index (χ0) is 69.0. The van der Waals surface area contributed by atoms with E-state index in [2.05, 4.69) is 10.6 Å². The molecule has 90 heavy (non-hydrogen) atoms. The molecule has 0 fully saturated rings. The molecule has 6 rings (SSSR count). The van der Waals surface area contributed by atoms with Gasteiger partial charge in [-0.25, -0.2) is 22.8 Å². The summed E-state index contributed by atoms with van der Waals surface area (Å²) in [5.74, 6) is -8.27. The van der Waals surface area contributed by atoms with Crippen LogP contribution in [-0.4, -0.2) is 99.8 Å². The van der Waals surface area contributed by atoms with Gasteiger partial charge in [0.25, 0.3) is 11.8 Å². The fourth-order valence-electron chi connectivity index (χ4n) is 7.63. The van der Waals surface area contributed by atoms with Crippen molar-refractivity contribution in [3.05, 3.63) is 174 Å². The predicted molar refractivity (Wildman–Crippen MR) is 339 cm³/mol. The number of carbonyl (C=O) groups is 8. The lowest BCUT2D eigenvalue weighted by Gasteiger charge is -2.12. The summed E-state index contributed by atoms with van der Waals surface area (Å²) >= 11 is 0. The Labute approximate surface area is 524 Å². The molecule has 0 saturated carbocycles. The standard InChI is InChI=1S/C12H15NO4.C12H14O4.C11H12F2O2.C11H13FO2.C11H15NO2.C11H14O2.CH4/c1-6(2)13-11(15)8-4-5-9(14)7(3)10(8)12(16)17;1-6(2)10(13)8-5-4-7(3)11(14)9(8)12(15)16;1-5(2)10(14)7-4-8(12)11(15)6(3)9(7)13;1-6(2)11(14)8-4-5-9(13)7(3)10(8)12;1-7(2)12-11(14)9-4-5-10(13)8(3)6-9;1-7(2)11(13)9-4-5-10(12)8(3)6-9;/h4-6,14H,1-3H3,(H,13,15)(H,16,17);4-6,14H,1-3H3,(H,15,16);4-5,15H,1-3H3;4-6,13H,1-3H3;4-7,13H,1-3H3,(H,12,14);4-7,12H,1-3H3;1H4. The van der Waals surface area contributed by atoms with Crippen molar-refractivity contribution in [2.75, 3.05) is 0 Å². The minimum absolute atomic E-state index is 0. The summed E-state index contributed by atoms with van der Waals surface area (Å²) in [7, 11) is 0. The van der Waals surface area contributed by atoms with Gasteiger partial charge >= 0.3 is 11.9 Å². The predicted octanol–water partition coefficient (Wildman–Crippen LogP) is 14.3. The summed E-state index contributed by atoms with van der Waals surface area (Å²) < 4.78 is 40.1. The molecule has 0 bridgehead atoms. The number of aryl methyl sites for hydroxylation is 3. The molecule has 0 radical (unpaired) electrons. The largest absolute Gasteiger partial charge is 0.508 e. The van der Waals surface area contributed by atoms with E-state index >= 15 is 0 Å². The van der Waals surface area contributed by atoms with Crippen LogP contribution in [0.15, 0.2) is 78.9 Å². The van der Waals surface area contributed by atoms with Gasteiger partial charge in [0.1, 0.15) is 45.9 Å². The Kier molecular flexibility index (Phi) is 32.3. The van der Waals surface area contributed by atoms with Crippen LogP contribution in [-0.2, 0) is 0 Å². The van der Waals surface area contributed by atoms with Gasteiger partial charge in [0, 0.05) is 69.1 Å². The summed E-state index contributed by atoms with van der Waals surface area (Å²) in [5.41, 5.74) is 2.61. The lowest BCUT2D eigenvalue weighted by molar-refractivity contribution is 0.0679. The van der Waals surface area contributed by atoms with E-state index in [9.17, 15) is 77.1 Å². The molecule has 6 aromatic rings. The van der Waals surface area contributed by atoms with E-state index in [1.807, 2.05) is 27.7 Å². The Bertz CT molecular complexity index is 3570. The molecule has 0 atom stereocenters. The molecule has 0 heterocycles. The summed E-state index contributed by atoms with van der Waals surface area (Å²) in [6, 6.07) is 18.8. The first-order chi connectivity index (χ1) is 41.0. The second-order valence-electron chi connectivity index (χ2n) is 22.5. The molecule has 0 aromatic heterocycles. The van der Waals surface area contributed by atoms with Gasteiger partial charge in [0.15, 0.2) is 34.7 Å². The maximum atomic E-state index is 13.5. The molecule has 0 aliphatic rings. The molecule has 2 amide bonds. The van der Waals surface area contributed by atoms with E-state index in [0.29, 0.717) is 22.3 Å². The van der Waals surface area contributed by atoms with Gasteiger partial charge in [-0.1, -0.05) is 68.9 Å². The number of carboxylic acid groups (broad SMARTS) is 2. The third-order valence-corrected chi connectivity index (χ3v) is 12.9. The molecule has 21 heteroatoms. The first-order valence-corrected chi connectivity index (χ1v) is 28.2. The summed E-state index contributed by atoms with van der Waals surface area (Å²) in [4.78, 5) is 91.7. The number of benzene rings is 6. The molecule has 6 aromatic carbocycles. The summed E-state index contributed by atoms with van der Waals surface area (Å²) in [6.07, 6.45) is 0. The van der Waals surface area contributed by atoms with Crippen molar-refractivity contribution in [3.63, 3.8) is 0 Å². The van der Waals surface area contributed by atoms with Crippen molar-refractivity contribution in [1.29, 1.82) is 0 Å². The fraction of sp³-hybridized carbons (Fsp3) is 0.362. The van der Waals surface area contributed by atoms with Gasteiger partial charge in [-0.2, -0.15) is 0 Å². The van der Waals surface area contributed by atoms with Crippen LogP contribution >= 0.6 is 0 Å². The third-order valence-electron chi connectivity index (χ3n) is 12.9. The number of Topliss-reactive ketones (excluding diaryl/α,β-unsaturated/α-hetero) is 4. The number of nitrogens with one attached hydrogen (secondary N) is 2. The van der Waals surface area contributed by atoms with E-state index in [0.717, 1.165) is 11.6 Å². The number of amides is 2. The Hall–Kier alpha value is -9.53. The van der Waals surface area contributed by atoms with E-state index in [1.165, 1.54) is 63.2 Å². The van der Waals surface area contributed by atoms with Crippen molar-refractivity contribution in [3.8, 4) is 34.5 Å². The van der Waals surface area contributed by atoms with Crippen LogP contribution in [0, 0.1) is 82.7 Å². The minimum atomic E-state index is -1.29. The van der Waals surface area contributed by atoms with E-state index in [1.54, 1.807) is 106 Å². The van der Waals surface area contributed by atoms with Crippen LogP contribution in [0.3, 0.4) is 0 Å². The van der Waals surface area contributed by atoms with Crippen molar-refractivity contribution < 1.29 is 92.4 Å². The summed E-state index contributed by atoms with van der Waals surface area (Å²) in [6.45, 7) is 30.4. The van der Waals surface area contributed by atoms with Crippen LogP contribution in [0.2, 0.25) is 0 Å². The number of phenolic OH excluding ortho intramolecular Hbond substituents is 5. The molecular weight excluding hydrogens is 1170 g/mol. The molecule has 0 saturated heterocycles. The molecule has 0 aliphatic heterocycles. The maximum absolute atomic E-state index is 13.5. The number of aromatic hydroxyl groups is 6. The van der Waals surface area contributed by atoms with Gasteiger partial charge in [-0.15, -0.1) is 0 Å². The van der Waals surface area contributed by atoms with E-state index in [4.69, 9.17) is 15.3 Å². The highest BCUT2D eigenvalue weighted by molar-refractivity contribution is 6.08. The van der Waals surface area contributed by atoms with Gasteiger partial charge in [0.2, 0.25) is 0 Å². The minimum Gasteiger partial charge on any atom is -0.508 e. The molecule has 490 valence electrons. The second kappa shape index (κ2) is 36.1. The second-order valence-corrected chi connectivity index (χ2v) is 22.5. The number of phenols is 6. The Balaban J connectivity index is 0.00000106. The number of ketones is 4. The van der Waals surface area contributed by atoms with Crippen molar-refractivity contribution >= 4 is 46.9 Å². The Morgan fingerprint density at radius 2 is 0.733 bits per heavy atom. The number of hydrogen-bond donors (Lipinski definition) is 10. The fourth-order valence-corrected chi connectivity index (χ4v) is 7.63. The van der Waals surface area contributed by atoms with E-state index in [-0.39, 0.29) is 139 Å². The molecular formula is C69H87F3N2O16. The quantitative estimate of drug-likeness (QED) is 0.0453. The van der Waals surface area contributed by atoms with Crippen LogP contribution in [0.4, 0.5) is 13.2 Å². The average Bonchev–Trinajstić information content (AvgIpc) is 0.885. The maximum Gasteiger partial charge on any atom is 0.340 e. The number of carbonyl (C=O) groups excluding carboxylic acids is 6. The number of halogens is 3. The molecule has 0 aliphatic carbocycles. The number of carboxylic acids is 2. The number of aromatic carboxylic acids is 2. The van der Waals surface area contributed by atoms with Gasteiger partial charge in [-0.05, 0) is 159 Å². The SMILES string of the molecule is C.Cc1c(O)c(F)cc(C(=O)C(C)C)c1F.Cc1c(O)ccc(C(=O)C(C)C)c1F.Cc1c(O)ccc(C(=O)NC(C)C)c1C(=O)O.Cc1cc(C(=O)C(C)C)ccc1O.Cc1cc(C(=O)NC(C)C)ccc1O.Cc1ccc(C(=O)C(C)C)c(C(=O)O)c1O. The monoisotopic (exact) mass is 1260 g/mol. The highest BCUT2D eigenvalue weighted by Crippen LogP contribution is 2.30. The molecule has 18 nitrogen and oxygen atoms in total. The number of hydrogen-bond acceptors (Lipinski definition) is 14. The first-order valence-electron chi connectivity index (χ1n) is 28.2. The zero-order valence-corrected chi connectivity index (χ0v) is 53.4. The van der Waals surface area contributed by atoms with Gasteiger partial charge < -0.3 is 51.5 Å². The normalized spacial score (nSPS) is 10.4. The van der Waals surface area contributed by atoms with Crippen LogP contribution in [0.25, 0.3) is 0 Å². The first kappa shape index (κ1) is 80.5. The lowest BCUT2D eigenvalue weighted by Crippen LogP contribution is -2.31. The third kappa shape index (κ3) is 22.9. The lowest BCUT2D eigenvalue weighted by atomic mass is 9.94. The Morgan fingerprint density at radius 1 is 0.367 bits per heavy atom. The molecule has 0 unspecified atom stereocenters. The Morgan fingerprint density at radius 3 is 1.17 bits per heavy atom. The van der Waals surface area contributed by atoms with Crippen molar-refractivity contribution in [2.24, 2.45) is 23.7 Å². The molecule has 0 spiro atoms. The average molecular weight is 1260 g/mol. The van der Waals surface area contributed by atoms with Crippen molar-refractivity contribution in [1.82, 2.24) is 10.6 Å². The van der Waals surface area contributed by atoms with Gasteiger partial charge in [-0.3, -0.25) is 28.8 Å². The van der Waals surface area contributed by atoms with Crippen LogP contribution in [0.5, 0.6) is 34.5 Å². The smallest absolute Gasteiger partial charge is 0.340 e. The van der Waals surface area contributed by atoms with E-state index < -0.39 is 52.7 Å². The summed E-state index contributed by atoms with van der Waals surface area (Å²) in [5, 5.41) is 79.4. The van der Waals surface area contributed by atoms with Crippen molar-refractivity contribution in [2.45, 2.75) is 144 Å². The number of rotatable bonds is 14. The zero-order valence-electron chi connectivity index (χ0n) is 53.4.